The number of allylic oxidation sites excluding steroid dienone is 2. The van der Waals surface area contributed by atoms with E-state index in [2.05, 4.69) is 17.1 Å². The molecule has 4 heteroatoms. The standard InChI is InChI=1S/C18H24N2O2/c21-18(17-10-6-12-22-17)20(13-15-7-2-1-3-8-15)14-16-9-4-5-11-19-16/h1-2,4-5,9,11,15,17H,3,6-8,10,12-14H2/t15-,17-/m0/s1. The monoisotopic (exact) mass is 300 g/mol. The molecule has 0 N–H and O–H groups in total. The van der Waals surface area contributed by atoms with E-state index in [0.29, 0.717) is 19.1 Å². The van der Waals surface area contributed by atoms with E-state index in [1.807, 2.05) is 23.1 Å². The Morgan fingerprint density at radius 3 is 2.95 bits per heavy atom. The van der Waals surface area contributed by atoms with E-state index in [1.54, 1.807) is 6.20 Å². The van der Waals surface area contributed by atoms with E-state index in [9.17, 15) is 4.79 Å². The molecule has 0 saturated carbocycles. The maximum absolute atomic E-state index is 12.8. The van der Waals surface area contributed by atoms with Gasteiger partial charge < -0.3 is 9.64 Å². The number of aromatic nitrogens is 1. The summed E-state index contributed by atoms with van der Waals surface area (Å²) in [6.07, 6.45) is 11.2. The van der Waals surface area contributed by atoms with Crippen molar-refractivity contribution in [3.63, 3.8) is 0 Å². The molecule has 0 unspecified atom stereocenters. The predicted octanol–water partition coefficient (Wildman–Crippen LogP) is 2.95. The molecule has 0 radical (unpaired) electrons. The molecule has 2 aliphatic rings. The maximum atomic E-state index is 12.8. The third kappa shape index (κ3) is 3.95. The Balaban J connectivity index is 1.69. The number of rotatable bonds is 5. The molecule has 1 aromatic heterocycles. The van der Waals surface area contributed by atoms with Crippen LogP contribution in [0.2, 0.25) is 0 Å². The summed E-state index contributed by atoms with van der Waals surface area (Å²) in [4.78, 5) is 19.1. The van der Waals surface area contributed by atoms with E-state index in [-0.39, 0.29) is 12.0 Å². The highest BCUT2D eigenvalue weighted by Gasteiger charge is 2.29. The van der Waals surface area contributed by atoms with Gasteiger partial charge in [0.2, 0.25) is 0 Å². The Hall–Kier alpha value is -1.68. The zero-order valence-corrected chi connectivity index (χ0v) is 13.0. The molecule has 0 spiro atoms. The molecule has 4 nitrogen and oxygen atoms in total. The Morgan fingerprint density at radius 2 is 2.27 bits per heavy atom. The van der Waals surface area contributed by atoms with E-state index in [1.165, 1.54) is 0 Å². The summed E-state index contributed by atoms with van der Waals surface area (Å²) in [6, 6.07) is 5.86. The Bertz CT molecular complexity index is 509. The summed E-state index contributed by atoms with van der Waals surface area (Å²) in [5, 5.41) is 0. The predicted molar refractivity (Wildman–Crippen MR) is 85.1 cm³/mol. The van der Waals surface area contributed by atoms with Gasteiger partial charge in [0, 0.05) is 19.3 Å². The Morgan fingerprint density at radius 1 is 1.32 bits per heavy atom. The fourth-order valence-corrected chi connectivity index (χ4v) is 3.23. The van der Waals surface area contributed by atoms with Gasteiger partial charge in [0.05, 0.1) is 12.2 Å². The van der Waals surface area contributed by atoms with Crippen LogP contribution < -0.4 is 0 Å². The fourth-order valence-electron chi connectivity index (χ4n) is 3.23. The van der Waals surface area contributed by atoms with Gasteiger partial charge in [0.15, 0.2) is 0 Å². The number of amides is 1. The molecule has 22 heavy (non-hydrogen) atoms. The first-order valence-corrected chi connectivity index (χ1v) is 8.28. The van der Waals surface area contributed by atoms with Crippen molar-refractivity contribution in [1.82, 2.24) is 9.88 Å². The van der Waals surface area contributed by atoms with Crippen LogP contribution in [0.5, 0.6) is 0 Å². The molecular weight excluding hydrogens is 276 g/mol. The molecule has 118 valence electrons. The molecule has 1 fully saturated rings. The first kappa shape index (κ1) is 15.2. The second-order valence-corrected chi connectivity index (χ2v) is 6.19. The maximum Gasteiger partial charge on any atom is 0.252 e. The average Bonchev–Trinajstić information content (AvgIpc) is 3.10. The lowest BCUT2D eigenvalue weighted by Crippen LogP contribution is -2.41. The van der Waals surface area contributed by atoms with Crippen LogP contribution in [0.25, 0.3) is 0 Å². The van der Waals surface area contributed by atoms with Crippen LogP contribution in [0, 0.1) is 5.92 Å². The van der Waals surface area contributed by atoms with Crippen molar-refractivity contribution in [2.75, 3.05) is 13.2 Å². The van der Waals surface area contributed by atoms with Gasteiger partial charge in [-0.25, -0.2) is 0 Å². The van der Waals surface area contributed by atoms with E-state index < -0.39 is 0 Å². The zero-order valence-electron chi connectivity index (χ0n) is 13.0. The lowest BCUT2D eigenvalue weighted by molar-refractivity contribution is -0.142. The third-order valence-corrected chi connectivity index (χ3v) is 4.45. The van der Waals surface area contributed by atoms with Crippen molar-refractivity contribution < 1.29 is 9.53 Å². The van der Waals surface area contributed by atoms with Crippen LogP contribution in [-0.4, -0.2) is 35.0 Å². The van der Waals surface area contributed by atoms with Gasteiger partial charge >= 0.3 is 0 Å². The van der Waals surface area contributed by atoms with Crippen LogP contribution in [0.4, 0.5) is 0 Å². The minimum absolute atomic E-state index is 0.137. The second-order valence-electron chi connectivity index (χ2n) is 6.19. The molecule has 1 saturated heterocycles. The normalized spacial score (nSPS) is 24.4. The second kappa shape index (κ2) is 7.54. The van der Waals surface area contributed by atoms with Crippen LogP contribution in [0.3, 0.4) is 0 Å². The summed E-state index contributed by atoms with van der Waals surface area (Å²) in [7, 11) is 0. The van der Waals surface area contributed by atoms with Gasteiger partial charge in [-0.3, -0.25) is 9.78 Å². The van der Waals surface area contributed by atoms with Crippen molar-refractivity contribution in [2.45, 2.75) is 44.8 Å². The molecular formula is C18H24N2O2. The van der Waals surface area contributed by atoms with Gasteiger partial charge in [-0.05, 0) is 50.2 Å². The van der Waals surface area contributed by atoms with Gasteiger partial charge in [-0.15, -0.1) is 0 Å². The van der Waals surface area contributed by atoms with E-state index >= 15 is 0 Å². The van der Waals surface area contributed by atoms with Gasteiger partial charge in [-0.1, -0.05) is 18.2 Å². The lowest BCUT2D eigenvalue weighted by Gasteiger charge is -2.30. The third-order valence-electron chi connectivity index (χ3n) is 4.45. The fraction of sp³-hybridized carbons (Fsp3) is 0.556. The smallest absolute Gasteiger partial charge is 0.252 e. The molecule has 1 aliphatic carbocycles. The van der Waals surface area contributed by atoms with Crippen LogP contribution in [-0.2, 0) is 16.1 Å². The number of hydrogen-bond acceptors (Lipinski definition) is 3. The number of carbonyl (C=O) groups excluding carboxylic acids is 1. The molecule has 2 heterocycles. The highest BCUT2D eigenvalue weighted by molar-refractivity contribution is 5.81. The van der Waals surface area contributed by atoms with E-state index in [0.717, 1.165) is 44.3 Å². The molecule has 2 atom stereocenters. The van der Waals surface area contributed by atoms with Crippen molar-refractivity contribution in [2.24, 2.45) is 5.92 Å². The Kier molecular flexibility index (Phi) is 5.22. The van der Waals surface area contributed by atoms with Crippen LogP contribution >= 0.6 is 0 Å². The van der Waals surface area contributed by atoms with Crippen molar-refractivity contribution in [3.05, 3.63) is 42.2 Å². The average molecular weight is 300 g/mol. The summed E-state index contributed by atoms with van der Waals surface area (Å²) < 4.78 is 5.60. The highest BCUT2D eigenvalue weighted by atomic mass is 16.5. The summed E-state index contributed by atoms with van der Waals surface area (Å²) in [5.74, 6) is 0.691. The van der Waals surface area contributed by atoms with Crippen molar-refractivity contribution in [1.29, 1.82) is 0 Å². The quantitative estimate of drug-likeness (QED) is 0.785. The number of nitrogens with zero attached hydrogens (tertiary/aromatic N) is 2. The molecule has 1 aromatic rings. The molecule has 0 aromatic carbocycles. The minimum Gasteiger partial charge on any atom is -0.368 e. The SMILES string of the molecule is O=C([C@@H]1CCCO1)N(Cc1ccccn1)C[C@H]1CC=CCC1. The van der Waals surface area contributed by atoms with Gasteiger partial charge in [0.25, 0.3) is 5.91 Å². The van der Waals surface area contributed by atoms with Crippen LogP contribution in [0.15, 0.2) is 36.5 Å². The molecule has 1 amide bonds. The first-order valence-electron chi connectivity index (χ1n) is 8.28. The van der Waals surface area contributed by atoms with Gasteiger partial charge in [-0.2, -0.15) is 0 Å². The summed E-state index contributed by atoms with van der Waals surface area (Å²) >= 11 is 0. The molecule has 1 aliphatic heterocycles. The number of hydrogen-bond donors (Lipinski definition) is 0. The number of pyridine rings is 1. The van der Waals surface area contributed by atoms with Crippen molar-refractivity contribution >= 4 is 5.91 Å². The van der Waals surface area contributed by atoms with E-state index in [4.69, 9.17) is 4.74 Å². The van der Waals surface area contributed by atoms with Gasteiger partial charge in [0.1, 0.15) is 6.10 Å². The Labute approximate surface area is 132 Å². The molecule has 0 bridgehead atoms. The lowest BCUT2D eigenvalue weighted by atomic mass is 9.93. The topological polar surface area (TPSA) is 42.4 Å². The number of carbonyl (C=O) groups is 1. The summed E-state index contributed by atoms with van der Waals surface area (Å²) in [6.45, 7) is 2.10. The summed E-state index contributed by atoms with van der Waals surface area (Å²) in [5.41, 5.74) is 0.945. The van der Waals surface area contributed by atoms with Crippen LogP contribution in [0.1, 0.15) is 37.8 Å². The van der Waals surface area contributed by atoms with Crippen molar-refractivity contribution in [3.8, 4) is 0 Å². The minimum atomic E-state index is -0.247. The first-order chi connectivity index (χ1) is 10.8. The largest absolute Gasteiger partial charge is 0.368 e. The highest BCUT2D eigenvalue weighted by Crippen LogP contribution is 2.22. The number of ether oxygens (including phenoxy) is 1. The molecule has 3 rings (SSSR count). The zero-order chi connectivity index (χ0) is 15.2.